The number of nitrogens with one attached hydrogen (secondary N) is 2. The molecule has 10 nitrogen and oxygen atoms in total. The number of morpholine rings is 1. The molecule has 3 aromatic rings. The van der Waals surface area contributed by atoms with Crippen LogP contribution in [-0.4, -0.2) is 61.5 Å². The third-order valence-electron chi connectivity index (χ3n) is 6.70. The van der Waals surface area contributed by atoms with Crippen molar-refractivity contribution in [3.8, 4) is 5.75 Å². The summed E-state index contributed by atoms with van der Waals surface area (Å²) in [4.78, 5) is 27.1. The molecule has 10 heteroatoms. The first-order chi connectivity index (χ1) is 18.1. The lowest BCUT2D eigenvalue weighted by molar-refractivity contribution is -0.122. The number of nitrogens with zero attached hydrogens (tertiary/aromatic N) is 3. The number of benzene rings is 2. The fraction of sp³-hybridized carbons (Fsp3) is 0.407. The molecular formula is C27H31N5O5. The molecule has 0 aliphatic carbocycles. The predicted molar refractivity (Wildman–Crippen MR) is 137 cm³/mol. The van der Waals surface area contributed by atoms with Crippen molar-refractivity contribution in [2.45, 2.75) is 31.8 Å². The van der Waals surface area contributed by atoms with E-state index in [4.69, 9.17) is 13.9 Å². The summed E-state index contributed by atoms with van der Waals surface area (Å²) in [6.07, 6.45) is 2.37. The van der Waals surface area contributed by atoms with Gasteiger partial charge in [0.25, 0.3) is 0 Å². The number of carbonyl (C=O) groups is 2. The minimum absolute atomic E-state index is 0.0457. The number of aryl methyl sites for hydroxylation is 2. The van der Waals surface area contributed by atoms with Gasteiger partial charge in [0.2, 0.25) is 17.7 Å². The molecule has 0 radical (unpaired) electrons. The number of amides is 2. The van der Waals surface area contributed by atoms with Gasteiger partial charge < -0.3 is 24.1 Å². The van der Waals surface area contributed by atoms with Crippen molar-refractivity contribution in [2.24, 2.45) is 5.92 Å². The Labute approximate surface area is 215 Å². The molecule has 2 amide bonds. The maximum absolute atomic E-state index is 12.8. The largest absolute Gasteiger partial charge is 0.497 e. The lowest BCUT2D eigenvalue weighted by atomic mass is 10.1. The average Bonchev–Trinajstić information content (AvgIpc) is 3.55. The summed E-state index contributed by atoms with van der Waals surface area (Å²) in [6, 6.07) is 15.7. The van der Waals surface area contributed by atoms with Crippen LogP contribution in [0.25, 0.3) is 0 Å². The van der Waals surface area contributed by atoms with Crippen molar-refractivity contribution in [1.82, 2.24) is 15.5 Å². The maximum Gasteiger partial charge on any atom is 0.322 e. The van der Waals surface area contributed by atoms with E-state index >= 15 is 0 Å². The van der Waals surface area contributed by atoms with Gasteiger partial charge in [0.1, 0.15) is 5.75 Å². The fourth-order valence-electron chi connectivity index (χ4n) is 4.61. The number of rotatable bonds is 9. The van der Waals surface area contributed by atoms with Crippen LogP contribution in [0.1, 0.15) is 23.4 Å². The summed E-state index contributed by atoms with van der Waals surface area (Å²) in [5.74, 6) is 0.349. The van der Waals surface area contributed by atoms with Crippen molar-refractivity contribution in [3.05, 3.63) is 65.5 Å². The molecule has 194 valence electrons. The zero-order valence-electron chi connectivity index (χ0n) is 20.8. The summed E-state index contributed by atoms with van der Waals surface area (Å²) in [6.45, 7) is 2.76. The van der Waals surface area contributed by atoms with Crippen LogP contribution < -0.4 is 20.3 Å². The van der Waals surface area contributed by atoms with E-state index in [0.29, 0.717) is 18.9 Å². The molecule has 2 aromatic carbocycles. The average molecular weight is 506 g/mol. The molecule has 2 saturated heterocycles. The predicted octanol–water partition coefficient (Wildman–Crippen LogP) is 2.39. The Morgan fingerprint density at radius 3 is 2.62 bits per heavy atom. The van der Waals surface area contributed by atoms with Gasteiger partial charge in [0.15, 0.2) is 0 Å². The number of hydrogen-bond acceptors (Lipinski definition) is 8. The third kappa shape index (κ3) is 6.33. The summed E-state index contributed by atoms with van der Waals surface area (Å²) >= 11 is 0. The molecular weight excluding hydrogens is 474 g/mol. The van der Waals surface area contributed by atoms with Crippen molar-refractivity contribution in [1.29, 1.82) is 0 Å². The Morgan fingerprint density at radius 2 is 1.89 bits per heavy atom. The summed E-state index contributed by atoms with van der Waals surface area (Å²) in [5, 5.41) is 14.0. The van der Waals surface area contributed by atoms with E-state index in [0.717, 1.165) is 55.1 Å². The van der Waals surface area contributed by atoms with Crippen molar-refractivity contribution in [3.63, 3.8) is 0 Å². The molecule has 0 saturated carbocycles. The van der Waals surface area contributed by atoms with Gasteiger partial charge in [0, 0.05) is 38.2 Å². The molecule has 2 unspecified atom stereocenters. The highest BCUT2D eigenvalue weighted by Crippen LogP contribution is 2.27. The van der Waals surface area contributed by atoms with Crippen LogP contribution >= 0.6 is 0 Å². The Bertz CT molecular complexity index is 1200. The number of carbonyl (C=O) groups excluding carboxylic acids is 2. The highest BCUT2D eigenvalue weighted by molar-refractivity contribution is 6.02. The summed E-state index contributed by atoms with van der Waals surface area (Å²) in [5.41, 5.74) is 3.05. The molecule has 0 bridgehead atoms. The third-order valence-corrected chi connectivity index (χ3v) is 6.70. The van der Waals surface area contributed by atoms with E-state index in [1.54, 1.807) is 12.0 Å². The van der Waals surface area contributed by atoms with Gasteiger partial charge in [0.05, 0.1) is 25.7 Å². The molecule has 1 aromatic heterocycles. The standard InChI is InChI=1S/C27H31N5O5/c1-35-22-9-4-18(5-10-22)6-11-24-30-31-27(37-24)29-26(34)20-15-25(33)32(17-20)21-7-2-19(3-8-21)14-23-16-28-12-13-36-23/h2-5,7-10,20,23,28H,6,11-17H2,1H3,(H,29,31,34). The number of anilines is 2. The lowest BCUT2D eigenvalue weighted by Crippen LogP contribution is -2.39. The first-order valence-corrected chi connectivity index (χ1v) is 12.5. The monoisotopic (exact) mass is 505 g/mol. The fourth-order valence-corrected chi connectivity index (χ4v) is 4.61. The zero-order valence-corrected chi connectivity index (χ0v) is 20.8. The summed E-state index contributed by atoms with van der Waals surface area (Å²) in [7, 11) is 1.63. The smallest absolute Gasteiger partial charge is 0.322 e. The molecule has 2 fully saturated rings. The summed E-state index contributed by atoms with van der Waals surface area (Å²) < 4.78 is 16.5. The maximum atomic E-state index is 12.8. The normalized spacial score (nSPS) is 19.7. The van der Waals surface area contributed by atoms with Crippen LogP contribution in [0.3, 0.4) is 0 Å². The van der Waals surface area contributed by atoms with E-state index in [-0.39, 0.29) is 30.4 Å². The lowest BCUT2D eigenvalue weighted by Gasteiger charge is -2.24. The van der Waals surface area contributed by atoms with Crippen molar-refractivity contribution < 1.29 is 23.5 Å². The van der Waals surface area contributed by atoms with Gasteiger partial charge in [-0.05, 0) is 48.2 Å². The molecule has 37 heavy (non-hydrogen) atoms. The zero-order chi connectivity index (χ0) is 25.6. The van der Waals surface area contributed by atoms with E-state index in [2.05, 4.69) is 20.8 Å². The Balaban J connectivity index is 1.12. The van der Waals surface area contributed by atoms with Crippen molar-refractivity contribution >= 4 is 23.5 Å². The quantitative estimate of drug-likeness (QED) is 0.455. The second-order valence-electron chi connectivity index (χ2n) is 9.31. The Morgan fingerprint density at radius 1 is 1.11 bits per heavy atom. The van der Waals surface area contributed by atoms with Gasteiger partial charge in [-0.3, -0.25) is 14.9 Å². The van der Waals surface area contributed by atoms with Gasteiger partial charge in [-0.1, -0.05) is 29.4 Å². The molecule has 2 aliphatic heterocycles. The number of ether oxygens (including phenoxy) is 2. The van der Waals surface area contributed by atoms with Gasteiger partial charge in [-0.25, -0.2) is 0 Å². The number of aromatic nitrogens is 2. The minimum atomic E-state index is -0.497. The number of methoxy groups -OCH3 is 1. The van der Waals surface area contributed by atoms with Crippen LogP contribution in [-0.2, 0) is 33.6 Å². The van der Waals surface area contributed by atoms with Gasteiger partial charge in [-0.2, -0.15) is 0 Å². The molecule has 2 N–H and O–H groups in total. The Kier molecular flexibility index (Phi) is 7.76. The Hall–Kier alpha value is -3.76. The van der Waals surface area contributed by atoms with E-state index < -0.39 is 5.92 Å². The van der Waals surface area contributed by atoms with Crippen LogP contribution in [0.15, 0.2) is 52.9 Å². The van der Waals surface area contributed by atoms with Crippen molar-refractivity contribution in [2.75, 3.05) is 43.6 Å². The second-order valence-corrected chi connectivity index (χ2v) is 9.31. The first kappa shape index (κ1) is 24.9. The van der Waals surface area contributed by atoms with Crippen LogP contribution in [0.5, 0.6) is 5.75 Å². The molecule has 0 spiro atoms. The SMILES string of the molecule is COc1ccc(CCc2nnc(NC(=O)C3CC(=O)N(c4ccc(CC5CNCCO5)cc4)C3)o2)cc1. The minimum Gasteiger partial charge on any atom is -0.497 e. The molecule has 3 heterocycles. The van der Waals surface area contributed by atoms with E-state index in [9.17, 15) is 9.59 Å². The van der Waals surface area contributed by atoms with Gasteiger partial charge in [-0.15, -0.1) is 5.10 Å². The van der Waals surface area contributed by atoms with E-state index in [1.165, 1.54) is 0 Å². The second kappa shape index (κ2) is 11.5. The van der Waals surface area contributed by atoms with Crippen LogP contribution in [0, 0.1) is 5.92 Å². The topological polar surface area (TPSA) is 119 Å². The van der Waals surface area contributed by atoms with Gasteiger partial charge >= 0.3 is 6.01 Å². The van der Waals surface area contributed by atoms with Crippen LogP contribution in [0.4, 0.5) is 11.7 Å². The van der Waals surface area contributed by atoms with Crippen LogP contribution in [0.2, 0.25) is 0 Å². The van der Waals surface area contributed by atoms with E-state index in [1.807, 2.05) is 48.5 Å². The number of hydrogen-bond donors (Lipinski definition) is 2. The first-order valence-electron chi connectivity index (χ1n) is 12.5. The molecule has 5 rings (SSSR count). The molecule has 2 atom stereocenters. The highest BCUT2D eigenvalue weighted by Gasteiger charge is 2.35. The highest BCUT2D eigenvalue weighted by atomic mass is 16.5. The molecule has 2 aliphatic rings.